The standard InChI is InChI=1S/C83H90N3O/c1-78(2,3)52-37-39-70(64(44-52)49-26-20-19-21-27-49)85-71-33-25-31-61-65-45-55(81(10,11)12)46-66-63-40-51(58-29-24-30-60-59-28-22-23-32-69(59)84(73(58)60)57-42-53(79(4,5)6)41-54(43-57)80(7,8)9)35-34-50(63)36-38-62(72(65)66)77-86(74(61)71)76(85)67-47-56(82(13,14)15)48-68(75(67)87-77)83(16,17)18/h19-20,22-26,28-35,37,39-48,62,77H,21,27,36,38H2,1-18H3/q+1. The summed E-state index contributed by atoms with van der Waals surface area (Å²) in [5.41, 5.74) is 29.2. The number of hydrogen-bond acceptors (Lipinski definition) is 1. The molecule has 2 atom stereocenters. The van der Waals surface area contributed by atoms with Gasteiger partial charge in [0.2, 0.25) is 0 Å². The second kappa shape index (κ2) is 19.4. The molecule has 14 rings (SSSR count). The molecule has 0 bridgehead atoms. The van der Waals surface area contributed by atoms with Gasteiger partial charge < -0.3 is 9.30 Å². The summed E-state index contributed by atoms with van der Waals surface area (Å²) < 4.78 is 16.1. The highest BCUT2D eigenvalue weighted by atomic mass is 16.5. The first-order valence-electron chi connectivity index (χ1n) is 32.4. The minimum Gasteiger partial charge on any atom is -0.450 e. The third-order valence-corrected chi connectivity index (χ3v) is 20.0. The van der Waals surface area contributed by atoms with E-state index in [0.29, 0.717) is 0 Å². The zero-order valence-electron chi connectivity index (χ0n) is 55.2. The summed E-state index contributed by atoms with van der Waals surface area (Å²) in [5.74, 6) is 2.23. The zero-order valence-corrected chi connectivity index (χ0v) is 55.2. The Morgan fingerprint density at radius 3 is 1.72 bits per heavy atom. The Kier molecular flexibility index (Phi) is 12.7. The van der Waals surface area contributed by atoms with E-state index in [1.165, 1.54) is 145 Å². The fourth-order valence-electron chi connectivity index (χ4n) is 14.9. The molecule has 442 valence electrons. The minimum absolute atomic E-state index is 0.00493. The van der Waals surface area contributed by atoms with Crippen LogP contribution < -0.4 is 9.30 Å². The van der Waals surface area contributed by atoms with Crippen LogP contribution in [-0.4, -0.2) is 9.13 Å². The number of para-hydroxylation sites is 3. The second-order valence-corrected chi connectivity index (χ2v) is 32.3. The highest BCUT2D eigenvalue weighted by molar-refractivity contribution is 6.14. The Morgan fingerprint density at radius 2 is 1.06 bits per heavy atom. The fourth-order valence-corrected chi connectivity index (χ4v) is 14.9. The van der Waals surface area contributed by atoms with Gasteiger partial charge in [0.15, 0.2) is 11.0 Å². The summed E-state index contributed by atoms with van der Waals surface area (Å²) in [4.78, 5) is 0. The van der Waals surface area contributed by atoms with Crippen molar-refractivity contribution in [2.45, 2.75) is 195 Å². The van der Waals surface area contributed by atoms with Crippen molar-refractivity contribution in [3.8, 4) is 61.9 Å². The van der Waals surface area contributed by atoms with Crippen molar-refractivity contribution >= 4 is 38.4 Å². The molecule has 2 aliphatic heterocycles. The number of imidazole rings is 1. The third-order valence-electron chi connectivity index (χ3n) is 20.0. The summed E-state index contributed by atoms with van der Waals surface area (Å²) in [6, 6.07) is 55.6. The Labute approximate surface area is 518 Å². The minimum atomic E-state index is -0.339. The van der Waals surface area contributed by atoms with Crippen molar-refractivity contribution in [2.75, 3.05) is 0 Å². The number of nitrogens with zero attached hydrogens (tertiary/aromatic N) is 3. The van der Waals surface area contributed by atoms with Gasteiger partial charge in [-0.15, -0.1) is 0 Å². The van der Waals surface area contributed by atoms with Crippen molar-refractivity contribution < 1.29 is 9.30 Å². The smallest absolute Gasteiger partial charge is 0.302 e. The maximum atomic E-state index is 8.14. The van der Waals surface area contributed by atoms with Gasteiger partial charge in [0, 0.05) is 38.7 Å². The van der Waals surface area contributed by atoms with Gasteiger partial charge in [-0.05, 0) is 180 Å². The van der Waals surface area contributed by atoms with Gasteiger partial charge in [0.1, 0.15) is 17.0 Å². The van der Waals surface area contributed by atoms with E-state index in [1.54, 1.807) is 0 Å². The topological polar surface area (TPSA) is 23.0 Å². The Balaban J connectivity index is 1.07. The van der Waals surface area contributed by atoms with Crippen LogP contribution in [0, 0.1) is 0 Å². The highest BCUT2D eigenvalue weighted by Crippen LogP contribution is 2.57. The first kappa shape index (κ1) is 57.1. The van der Waals surface area contributed by atoms with Gasteiger partial charge in [-0.1, -0.05) is 228 Å². The van der Waals surface area contributed by atoms with Crippen molar-refractivity contribution in [2.24, 2.45) is 0 Å². The van der Waals surface area contributed by atoms with E-state index in [-0.39, 0.29) is 44.6 Å². The SMILES string of the molecule is CC(C)(C)c1cc(-n2c3ccccc3c3cccc(-c4ccc5c(c4)-c4cc(C(C)(C)C)cc6c4C(CC5)C4Oc5c(cc(C(C)(C)C)cc5C(C)(C)C)-c5n(-c7ccc(C(C)(C)C)cc7C7=CC=CCC7)c7cccc-6c7[n+]54)c32)cc(C(C)(C)C)c1. The molecule has 0 fully saturated rings. The van der Waals surface area contributed by atoms with Crippen LogP contribution in [0.15, 0.2) is 158 Å². The van der Waals surface area contributed by atoms with Crippen LogP contribution in [0.1, 0.15) is 206 Å². The lowest BCUT2D eigenvalue weighted by molar-refractivity contribution is -0.727. The Bertz CT molecular complexity index is 4560. The number of allylic oxidation sites excluding steroid dienone is 4. The Morgan fingerprint density at radius 1 is 0.460 bits per heavy atom. The predicted molar refractivity (Wildman–Crippen MR) is 369 cm³/mol. The predicted octanol–water partition coefficient (Wildman–Crippen LogP) is 22.1. The van der Waals surface area contributed by atoms with Gasteiger partial charge in [0.25, 0.3) is 6.23 Å². The van der Waals surface area contributed by atoms with Crippen LogP contribution in [0.5, 0.6) is 5.75 Å². The lowest BCUT2D eigenvalue weighted by Crippen LogP contribution is -2.49. The van der Waals surface area contributed by atoms with Crippen molar-refractivity contribution in [3.63, 3.8) is 0 Å². The summed E-state index contributed by atoms with van der Waals surface area (Å²) in [5, 5.41) is 2.54. The van der Waals surface area contributed by atoms with E-state index in [2.05, 4.69) is 296 Å². The molecule has 0 saturated heterocycles. The molecule has 2 aliphatic carbocycles. The first-order valence-corrected chi connectivity index (χ1v) is 32.4. The van der Waals surface area contributed by atoms with Gasteiger partial charge in [-0.25, -0.2) is 0 Å². The van der Waals surface area contributed by atoms with Gasteiger partial charge >= 0.3 is 5.82 Å². The third kappa shape index (κ3) is 9.23. The molecule has 4 heteroatoms. The molecular formula is C83H90N3O+. The van der Waals surface area contributed by atoms with Crippen molar-refractivity contribution in [3.05, 3.63) is 208 Å². The van der Waals surface area contributed by atoms with E-state index in [1.807, 2.05) is 0 Å². The molecular weight excluding hydrogens is 1050 g/mol. The maximum Gasteiger partial charge on any atom is 0.302 e. The molecule has 2 aromatic heterocycles. The van der Waals surface area contributed by atoms with E-state index in [9.17, 15) is 0 Å². The number of ether oxygens (including phenoxy) is 1. The average Bonchev–Trinajstić information content (AvgIpc) is 1.54. The number of aromatic nitrogens is 3. The molecule has 2 unspecified atom stereocenters. The van der Waals surface area contributed by atoms with Crippen LogP contribution in [0.2, 0.25) is 0 Å². The van der Waals surface area contributed by atoms with Gasteiger partial charge in [0.05, 0.1) is 17.0 Å². The van der Waals surface area contributed by atoms with Gasteiger partial charge in [-0.2, -0.15) is 9.13 Å². The van der Waals surface area contributed by atoms with E-state index >= 15 is 0 Å². The van der Waals surface area contributed by atoms with E-state index in [0.717, 1.165) is 31.4 Å². The second-order valence-electron chi connectivity index (χ2n) is 32.3. The summed E-state index contributed by atoms with van der Waals surface area (Å²) >= 11 is 0. The molecule has 87 heavy (non-hydrogen) atoms. The average molecular weight is 1150 g/mol. The molecule has 10 aromatic rings. The number of rotatable bonds is 4. The first-order chi connectivity index (χ1) is 40.9. The molecule has 4 heterocycles. The molecule has 0 radical (unpaired) electrons. The number of benzene rings is 8. The fraction of sp³-hybridized carbons (Fsp3) is 0.361. The molecule has 8 aromatic carbocycles. The van der Waals surface area contributed by atoms with E-state index in [4.69, 9.17) is 4.74 Å². The summed E-state index contributed by atoms with van der Waals surface area (Å²) in [7, 11) is 0. The monoisotopic (exact) mass is 1140 g/mol. The molecule has 0 spiro atoms. The molecule has 0 N–H and O–H groups in total. The maximum absolute atomic E-state index is 8.14. The number of hydrogen-bond donors (Lipinski definition) is 0. The normalized spacial score (nSPS) is 16.8. The Hall–Kier alpha value is -7.69. The largest absolute Gasteiger partial charge is 0.450 e. The quantitative estimate of drug-likeness (QED) is 0.161. The van der Waals surface area contributed by atoms with Crippen LogP contribution in [0.4, 0.5) is 0 Å². The molecule has 0 saturated carbocycles. The number of fused-ring (bicyclic) bond motifs is 9. The van der Waals surface area contributed by atoms with Crippen molar-refractivity contribution in [1.82, 2.24) is 9.13 Å². The van der Waals surface area contributed by atoms with Gasteiger partial charge in [-0.3, -0.25) is 0 Å². The molecule has 4 aliphatic rings. The van der Waals surface area contributed by atoms with Crippen LogP contribution in [0.25, 0.3) is 94.6 Å². The highest BCUT2D eigenvalue weighted by Gasteiger charge is 2.50. The number of aryl methyl sites for hydroxylation is 1. The summed E-state index contributed by atoms with van der Waals surface area (Å²) in [6.07, 6.45) is 10.5. The van der Waals surface area contributed by atoms with Crippen LogP contribution in [-0.2, 0) is 38.9 Å². The van der Waals surface area contributed by atoms with Crippen LogP contribution in [0.3, 0.4) is 0 Å². The zero-order chi connectivity index (χ0) is 61.4. The lowest BCUT2D eigenvalue weighted by atomic mass is 9.77. The van der Waals surface area contributed by atoms with Crippen LogP contribution >= 0.6 is 0 Å². The molecule has 0 amide bonds. The van der Waals surface area contributed by atoms with E-state index < -0.39 is 0 Å². The lowest BCUT2D eigenvalue weighted by Gasteiger charge is -2.35. The summed E-state index contributed by atoms with van der Waals surface area (Å²) in [6.45, 7) is 42.5. The molecule has 4 nitrogen and oxygen atoms in total. The van der Waals surface area contributed by atoms with Crippen molar-refractivity contribution in [1.29, 1.82) is 0 Å².